The van der Waals surface area contributed by atoms with E-state index in [9.17, 15) is 0 Å². The van der Waals surface area contributed by atoms with Crippen LogP contribution in [0.1, 0.15) is 30.1 Å². The highest BCUT2D eigenvalue weighted by Gasteiger charge is 2.24. The second-order valence-corrected chi connectivity index (χ2v) is 4.22. The Balaban J connectivity index is 2.03. The first kappa shape index (κ1) is 11.6. The first-order valence-electron chi connectivity index (χ1n) is 5.70. The van der Waals surface area contributed by atoms with Crippen LogP contribution in [0.4, 0.5) is 0 Å². The van der Waals surface area contributed by atoms with Gasteiger partial charge in [0.05, 0.1) is 12.2 Å². The third-order valence-electron chi connectivity index (χ3n) is 2.96. The molecular formula is C13H18O3. The normalized spacial score (nSPS) is 25.6. The van der Waals surface area contributed by atoms with Crippen LogP contribution in [-0.2, 0) is 9.47 Å². The molecule has 3 heteroatoms. The van der Waals surface area contributed by atoms with E-state index in [0.717, 1.165) is 12.8 Å². The summed E-state index contributed by atoms with van der Waals surface area (Å²) in [6.45, 7) is 2.57. The molecule has 2 rings (SSSR count). The van der Waals surface area contributed by atoms with Crippen molar-refractivity contribution >= 4 is 0 Å². The van der Waals surface area contributed by atoms with Crippen LogP contribution < -0.4 is 0 Å². The highest BCUT2D eigenvalue weighted by molar-refractivity contribution is 5.24. The van der Waals surface area contributed by atoms with Gasteiger partial charge in [-0.3, -0.25) is 0 Å². The fraction of sp³-hybridized carbons (Fsp3) is 0.538. The molecule has 2 atom stereocenters. The predicted octanol–water partition coefficient (Wildman–Crippen LogP) is 2.18. The molecule has 16 heavy (non-hydrogen) atoms. The van der Waals surface area contributed by atoms with Crippen molar-refractivity contribution < 1.29 is 14.6 Å². The quantitative estimate of drug-likeness (QED) is 0.797. The SMILES string of the molecule is Cc1cccc(C2CC(OCO)CCO2)c1. The molecule has 1 heterocycles. The lowest BCUT2D eigenvalue weighted by Crippen LogP contribution is -2.26. The number of aliphatic hydroxyl groups excluding tert-OH is 1. The summed E-state index contributed by atoms with van der Waals surface area (Å²) >= 11 is 0. The fourth-order valence-corrected chi connectivity index (χ4v) is 2.13. The highest BCUT2D eigenvalue weighted by Crippen LogP contribution is 2.29. The van der Waals surface area contributed by atoms with Gasteiger partial charge in [0, 0.05) is 13.0 Å². The molecule has 0 saturated carbocycles. The number of aliphatic hydroxyl groups is 1. The van der Waals surface area contributed by atoms with E-state index < -0.39 is 0 Å². The summed E-state index contributed by atoms with van der Waals surface area (Å²) in [7, 11) is 0. The van der Waals surface area contributed by atoms with Gasteiger partial charge >= 0.3 is 0 Å². The molecule has 1 aromatic carbocycles. The van der Waals surface area contributed by atoms with Gasteiger partial charge in [-0.25, -0.2) is 0 Å². The van der Waals surface area contributed by atoms with Crippen molar-refractivity contribution in [2.45, 2.75) is 32.0 Å². The van der Waals surface area contributed by atoms with Crippen molar-refractivity contribution in [3.63, 3.8) is 0 Å². The van der Waals surface area contributed by atoms with E-state index in [-0.39, 0.29) is 19.0 Å². The molecule has 0 spiro atoms. The summed E-state index contributed by atoms with van der Waals surface area (Å²) in [5.41, 5.74) is 2.44. The molecule has 88 valence electrons. The minimum absolute atomic E-state index is 0.102. The largest absolute Gasteiger partial charge is 0.373 e. The zero-order valence-corrected chi connectivity index (χ0v) is 9.56. The van der Waals surface area contributed by atoms with Gasteiger partial charge in [-0.05, 0) is 18.9 Å². The second-order valence-electron chi connectivity index (χ2n) is 4.22. The zero-order chi connectivity index (χ0) is 11.4. The van der Waals surface area contributed by atoms with E-state index in [1.54, 1.807) is 0 Å². The number of hydrogen-bond donors (Lipinski definition) is 1. The van der Waals surface area contributed by atoms with E-state index >= 15 is 0 Å². The molecule has 1 fully saturated rings. The summed E-state index contributed by atoms with van der Waals surface area (Å²) in [5.74, 6) is 0. The standard InChI is InChI=1S/C13H18O3/c1-10-3-2-4-11(7-10)13-8-12(16-9-14)5-6-15-13/h2-4,7,12-14H,5-6,8-9H2,1H3. The Hall–Kier alpha value is -0.900. The van der Waals surface area contributed by atoms with Crippen LogP contribution in [0.2, 0.25) is 0 Å². The third kappa shape index (κ3) is 2.82. The maximum Gasteiger partial charge on any atom is 0.143 e. The smallest absolute Gasteiger partial charge is 0.143 e. The summed E-state index contributed by atoms with van der Waals surface area (Å²) in [5, 5.41) is 8.76. The Kier molecular flexibility index (Phi) is 3.93. The minimum atomic E-state index is -0.203. The molecule has 0 amide bonds. The lowest BCUT2D eigenvalue weighted by atomic mass is 9.98. The van der Waals surface area contributed by atoms with Crippen molar-refractivity contribution in [1.29, 1.82) is 0 Å². The predicted molar refractivity (Wildman–Crippen MR) is 61.1 cm³/mol. The van der Waals surface area contributed by atoms with Crippen LogP contribution in [-0.4, -0.2) is 24.6 Å². The minimum Gasteiger partial charge on any atom is -0.373 e. The van der Waals surface area contributed by atoms with Gasteiger partial charge in [0.1, 0.15) is 6.79 Å². The van der Waals surface area contributed by atoms with Crippen LogP contribution in [0.15, 0.2) is 24.3 Å². The Bertz CT molecular complexity index is 336. The molecule has 1 aromatic rings. The first-order valence-corrected chi connectivity index (χ1v) is 5.70. The van der Waals surface area contributed by atoms with Crippen LogP contribution >= 0.6 is 0 Å². The molecule has 0 bridgehead atoms. The van der Waals surface area contributed by atoms with Crippen molar-refractivity contribution in [2.24, 2.45) is 0 Å². The Morgan fingerprint density at radius 1 is 1.50 bits per heavy atom. The molecule has 1 aliphatic rings. The summed E-state index contributed by atoms with van der Waals surface area (Å²) < 4.78 is 11.0. The molecule has 1 aliphatic heterocycles. The summed E-state index contributed by atoms with van der Waals surface area (Å²) in [6.07, 6.45) is 1.90. The number of ether oxygens (including phenoxy) is 2. The van der Waals surface area contributed by atoms with Crippen molar-refractivity contribution in [3.05, 3.63) is 35.4 Å². The van der Waals surface area contributed by atoms with E-state index in [2.05, 4.69) is 25.1 Å². The Morgan fingerprint density at radius 3 is 3.12 bits per heavy atom. The highest BCUT2D eigenvalue weighted by atomic mass is 16.6. The molecule has 0 aromatic heterocycles. The van der Waals surface area contributed by atoms with Gasteiger partial charge in [0.2, 0.25) is 0 Å². The van der Waals surface area contributed by atoms with Crippen LogP contribution in [0.25, 0.3) is 0 Å². The van der Waals surface area contributed by atoms with Crippen LogP contribution in [0.5, 0.6) is 0 Å². The maximum absolute atomic E-state index is 8.76. The number of rotatable bonds is 3. The van der Waals surface area contributed by atoms with Gasteiger partial charge in [-0.2, -0.15) is 0 Å². The Morgan fingerprint density at radius 2 is 2.38 bits per heavy atom. The molecule has 1 saturated heterocycles. The average molecular weight is 222 g/mol. The van der Waals surface area contributed by atoms with E-state index in [4.69, 9.17) is 14.6 Å². The van der Waals surface area contributed by atoms with E-state index in [1.165, 1.54) is 11.1 Å². The van der Waals surface area contributed by atoms with Gasteiger partial charge in [-0.15, -0.1) is 0 Å². The van der Waals surface area contributed by atoms with Gasteiger partial charge in [-0.1, -0.05) is 29.8 Å². The Labute approximate surface area is 96.0 Å². The molecular weight excluding hydrogens is 204 g/mol. The zero-order valence-electron chi connectivity index (χ0n) is 9.56. The molecule has 2 unspecified atom stereocenters. The maximum atomic E-state index is 8.76. The first-order chi connectivity index (χ1) is 7.79. The fourth-order valence-electron chi connectivity index (χ4n) is 2.13. The van der Waals surface area contributed by atoms with Gasteiger partial charge in [0.15, 0.2) is 0 Å². The molecule has 3 nitrogen and oxygen atoms in total. The van der Waals surface area contributed by atoms with Gasteiger partial charge in [0.25, 0.3) is 0 Å². The summed E-state index contributed by atoms with van der Waals surface area (Å²) in [4.78, 5) is 0. The topological polar surface area (TPSA) is 38.7 Å². The van der Waals surface area contributed by atoms with Crippen molar-refractivity contribution in [1.82, 2.24) is 0 Å². The van der Waals surface area contributed by atoms with Gasteiger partial charge < -0.3 is 14.6 Å². The van der Waals surface area contributed by atoms with Crippen molar-refractivity contribution in [2.75, 3.05) is 13.4 Å². The van der Waals surface area contributed by atoms with Crippen LogP contribution in [0.3, 0.4) is 0 Å². The lowest BCUT2D eigenvalue weighted by molar-refractivity contribution is -0.113. The molecule has 1 N–H and O–H groups in total. The van der Waals surface area contributed by atoms with Crippen LogP contribution in [0, 0.1) is 6.92 Å². The number of benzene rings is 1. The molecule has 0 radical (unpaired) electrons. The number of aryl methyl sites for hydroxylation is 1. The monoisotopic (exact) mass is 222 g/mol. The van der Waals surface area contributed by atoms with E-state index in [1.807, 2.05) is 6.07 Å². The van der Waals surface area contributed by atoms with Crippen molar-refractivity contribution in [3.8, 4) is 0 Å². The molecule has 0 aliphatic carbocycles. The number of hydrogen-bond acceptors (Lipinski definition) is 3. The lowest BCUT2D eigenvalue weighted by Gasteiger charge is -2.29. The third-order valence-corrected chi connectivity index (χ3v) is 2.96. The average Bonchev–Trinajstić information content (AvgIpc) is 2.30. The summed E-state index contributed by atoms with van der Waals surface area (Å²) in [6, 6.07) is 8.35. The second kappa shape index (κ2) is 5.43. The van der Waals surface area contributed by atoms with E-state index in [0.29, 0.717) is 6.61 Å².